The van der Waals surface area contributed by atoms with E-state index in [-0.39, 0.29) is 16.3 Å². The Morgan fingerprint density at radius 1 is 1.62 bits per heavy atom. The van der Waals surface area contributed by atoms with E-state index in [2.05, 4.69) is 15.9 Å². The summed E-state index contributed by atoms with van der Waals surface area (Å²) in [5.41, 5.74) is 0.0327. The Hall–Kier alpha value is -0.990. The van der Waals surface area contributed by atoms with E-state index < -0.39 is 16.0 Å². The second-order valence-electron chi connectivity index (χ2n) is 2.87. The molecule has 1 unspecified atom stereocenters. The number of methoxy groups -OCH3 is 1. The van der Waals surface area contributed by atoms with E-state index in [0.717, 1.165) is 0 Å². The lowest BCUT2D eigenvalue weighted by atomic mass is 10.2. The number of hydrogen-bond acceptors (Lipinski definition) is 4. The lowest BCUT2D eigenvalue weighted by molar-refractivity contribution is -0.386. The fourth-order valence-corrected chi connectivity index (χ4v) is 2.36. The van der Waals surface area contributed by atoms with Gasteiger partial charge in [-0.05, 0) is 13.0 Å². The van der Waals surface area contributed by atoms with Gasteiger partial charge in [-0.15, -0.1) is 0 Å². The summed E-state index contributed by atoms with van der Waals surface area (Å²) in [5.74, 6) is -0.188. The maximum Gasteiger partial charge on any atom is 0.316 e. The lowest BCUT2D eigenvalue weighted by Crippen LogP contribution is -2.02. The number of nitro benzene ring substituents is 1. The van der Waals surface area contributed by atoms with Crippen molar-refractivity contribution in [2.24, 2.45) is 0 Å². The van der Waals surface area contributed by atoms with Crippen molar-refractivity contribution >= 4 is 32.7 Å². The summed E-state index contributed by atoms with van der Waals surface area (Å²) in [5, 5.41) is 10.9. The molecule has 1 rings (SSSR count). The average molecular weight is 310 g/mol. The molecule has 8 heteroatoms. The first-order chi connectivity index (χ1) is 7.40. The van der Waals surface area contributed by atoms with Gasteiger partial charge in [0.05, 0.1) is 12.0 Å². The highest BCUT2D eigenvalue weighted by molar-refractivity contribution is 9.10. The topological polar surface area (TPSA) is 89.7 Å². The molecule has 6 nitrogen and oxygen atoms in total. The molecule has 0 spiro atoms. The Morgan fingerprint density at radius 3 is 2.56 bits per heavy atom. The molecule has 0 aliphatic carbocycles. The highest BCUT2D eigenvalue weighted by Crippen LogP contribution is 2.39. The zero-order chi connectivity index (χ0) is 12.5. The van der Waals surface area contributed by atoms with Gasteiger partial charge in [0.1, 0.15) is 4.90 Å². The minimum absolute atomic E-state index is 0.133. The van der Waals surface area contributed by atoms with Gasteiger partial charge in [0, 0.05) is 10.0 Å². The molecule has 0 saturated carbocycles. The molecule has 0 fully saturated rings. The lowest BCUT2D eigenvalue weighted by Gasteiger charge is -2.09. The van der Waals surface area contributed by atoms with Gasteiger partial charge in [0.15, 0.2) is 11.1 Å². The zero-order valence-corrected chi connectivity index (χ0v) is 10.8. The van der Waals surface area contributed by atoms with Gasteiger partial charge in [-0.3, -0.25) is 10.1 Å². The van der Waals surface area contributed by atoms with Crippen LogP contribution in [0.25, 0.3) is 0 Å². The maximum absolute atomic E-state index is 11.0. The molecular formula is C8H8BrNO5S. The highest BCUT2D eigenvalue weighted by atomic mass is 79.9. The molecule has 1 aromatic rings. The summed E-state index contributed by atoms with van der Waals surface area (Å²) in [6.45, 7) is 1.52. The number of nitro groups is 1. The predicted molar refractivity (Wildman–Crippen MR) is 61.1 cm³/mol. The van der Waals surface area contributed by atoms with Gasteiger partial charge in [-0.1, -0.05) is 15.9 Å². The van der Waals surface area contributed by atoms with E-state index in [4.69, 9.17) is 9.29 Å². The Bertz CT molecular complexity index is 476. The number of halogens is 1. The summed E-state index contributed by atoms with van der Waals surface area (Å²) in [6.07, 6.45) is 0. The molecule has 88 valence electrons. The molecule has 0 heterocycles. The SMILES string of the molecule is COc1c(S(=O)O)cc(Br)c(C)c1[N+](=O)[O-]. The third kappa shape index (κ3) is 2.23. The normalized spacial score (nSPS) is 12.2. The second kappa shape index (κ2) is 4.89. The molecule has 1 atom stereocenters. The largest absolute Gasteiger partial charge is 0.489 e. The van der Waals surface area contributed by atoms with Crippen LogP contribution in [0, 0.1) is 17.0 Å². The average Bonchev–Trinajstić information content (AvgIpc) is 2.20. The minimum Gasteiger partial charge on any atom is -0.489 e. The Kier molecular flexibility index (Phi) is 4.00. The van der Waals surface area contributed by atoms with Crippen molar-refractivity contribution in [1.82, 2.24) is 0 Å². The predicted octanol–water partition coefficient (Wildman–Crippen LogP) is 2.25. The highest BCUT2D eigenvalue weighted by Gasteiger charge is 2.26. The molecule has 0 bridgehead atoms. The Labute approximate surface area is 102 Å². The van der Waals surface area contributed by atoms with Crippen LogP contribution in [0.4, 0.5) is 5.69 Å². The first kappa shape index (κ1) is 13.1. The van der Waals surface area contributed by atoms with Crippen molar-refractivity contribution in [3.05, 3.63) is 26.2 Å². The van der Waals surface area contributed by atoms with Crippen LogP contribution >= 0.6 is 15.9 Å². The van der Waals surface area contributed by atoms with Crippen molar-refractivity contribution in [3.63, 3.8) is 0 Å². The van der Waals surface area contributed by atoms with Crippen molar-refractivity contribution < 1.29 is 18.4 Å². The van der Waals surface area contributed by atoms with E-state index in [9.17, 15) is 14.3 Å². The van der Waals surface area contributed by atoms with Crippen LogP contribution in [0.5, 0.6) is 5.75 Å². The van der Waals surface area contributed by atoms with Gasteiger partial charge in [0.2, 0.25) is 5.75 Å². The van der Waals surface area contributed by atoms with E-state index in [1.165, 1.54) is 20.1 Å². The number of ether oxygens (including phenoxy) is 1. The summed E-state index contributed by atoms with van der Waals surface area (Å²) in [4.78, 5) is 10.1. The Balaban J connectivity index is 3.68. The summed E-state index contributed by atoms with van der Waals surface area (Å²) >= 11 is 0.746. The van der Waals surface area contributed by atoms with E-state index in [0.29, 0.717) is 10.0 Å². The van der Waals surface area contributed by atoms with Gasteiger partial charge < -0.3 is 9.29 Å². The third-order valence-electron chi connectivity index (χ3n) is 1.98. The first-order valence-corrected chi connectivity index (χ1v) is 5.92. The van der Waals surface area contributed by atoms with Crippen LogP contribution in [0.15, 0.2) is 15.4 Å². The van der Waals surface area contributed by atoms with Gasteiger partial charge in [-0.2, -0.15) is 0 Å². The second-order valence-corrected chi connectivity index (χ2v) is 4.66. The molecular weight excluding hydrogens is 302 g/mol. The van der Waals surface area contributed by atoms with Crippen molar-refractivity contribution in [1.29, 1.82) is 0 Å². The minimum atomic E-state index is -2.35. The first-order valence-electron chi connectivity index (χ1n) is 4.02. The van der Waals surface area contributed by atoms with Crippen molar-refractivity contribution in [2.45, 2.75) is 11.8 Å². The smallest absolute Gasteiger partial charge is 0.316 e. The van der Waals surface area contributed by atoms with Crippen LogP contribution < -0.4 is 4.74 Å². The monoisotopic (exact) mass is 309 g/mol. The molecule has 1 N–H and O–H groups in total. The molecule has 0 saturated heterocycles. The van der Waals surface area contributed by atoms with Crippen LogP contribution in [-0.4, -0.2) is 20.8 Å². The van der Waals surface area contributed by atoms with Gasteiger partial charge in [0.25, 0.3) is 0 Å². The maximum atomic E-state index is 11.0. The molecule has 0 aliphatic heterocycles. The molecule has 0 radical (unpaired) electrons. The van der Waals surface area contributed by atoms with Gasteiger partial charge >= 0.3 is 5.69 Å². The Morgan fingerprint density at radius 2 is 2.19 bits per heavy atom. The molecule has 0 amide bonds. The van der Waals surface area contributed by atoms with Crippen molar-refractivity contribution in [2.75, 3.05) is 7.11 Å². The molecule has 1 aromatic carbocycles. The molecule has 0 aromatic heterocycles. The fourth-order valence-electron chi connectivity index (χ4n) is 1.24. The number of nitrogens with zero attached hydrogens (tertiary/aromatic N) is 1. The molecule has 16 heavy (non-hydrogen) atoms. The molecule has 0 aliphatic rings. The summed E-state index contributed by atoms with van der Waals surface area (Å²) in [6, 6.07) is 1.33. The number of rotatable bonds is 3. The number of hydrogen-bond donors (Lipinski definition) is 1. The summed E-state index contributed by atoms with van der Waals surface area (Å²) < 4.78 is 25.2. The standard InChI is InChI=1S/C8H8BrNO5S/c1-4-5(9)3-6(16(13)14)8(15-2)7(4)10(11)12/h3H,1-2H3,(H,13,14). The van der Waals surface area contributed by atoms with E-state index >= 15 is 0 Å². The van der Waals surface area contributed by atoms with Crippen LogP contribution in [-0.2, 0) is 11.1 Å². The van der Waals surface area contributed by atoms with Gasteiger partial charge in [-0.25, -0.2) is 4.21 Å². The quantitative estimate of drug-likeness (QED) is 0.525. The van der Waals surface area contributed by atoms with Crippen molar-refractivity contribution in [3.8, 4) is 5.75 Å². The van der Waals surface area contributed by atoms with Crippen LogP contribution in [0.2, 0.25) is 0 Å². The van der Waals surface area contributed by atoms with E-state index in [1.54, 1.807) is 0 Å². The third-order valence-corrected chi connectivity index (χ3v) is 3.49. The van der Waals surface area contributed by atoms with Crippen LogP contribution in [0.3, 0.4) is 0 Å². The van der Waals surface area contributed by atoms with E-state index in [1.807, 2.05) is 0 Å². The summed E-state index contributed by atoms with van der Waals surface area (Å²) in [7, 11) is 1.21. The fraction of sp³-hybridized carbons (Fsp3) is 0.250. The zero-order valence-electron chi connectivity index (χ0n) is 8.39. The van der Waals surface area contributed by atoms with Crippen LogP contribution in [0.1, 0.15) is 5.56 Å². The number of benzene rings is 1.